The van der Waals surface area contributed by atoms with Crippen molar-refractivity contribution in [1.29, 1.82) is 5.26 Å². The summed E-state index contributed by atoms with van der Waals surface area (Å²) in [5, 5.41) is 12.0. The summed E-state index contributed by atoms with van der Waals surface area (Å²) >= 11 is 0. The van der Waals surface area contributed by atoms with Crippen LogP contribution in [0.15, 0.2) is 60.2 Å². The molecule has 2 rings (SSSR count). The van der Waals surface area contributed by atoms with Gasteiger partial charge in [0.15, 0.2) is 0 Å². The summed E-state index contributed by atoms with van der Waals surface area (Å²) in [7, 11) is 0. The zero-order chi connectivity index (χ0) is 17.9. The number of carbonyl (C=O) groups excluding carboxylic acids is 1. The lowest BCUT2D eigenvalue weighted by Gasteiger charge is -2.07. The summed E-state index contributed by atoms with van der Waals surface area (Å²) in [6, 6.07) is 19.2. The van der Waals surface area contributed by atoms with Crippen LogP contribution in [0.2, 0.25) is 0 Å². The number of carbonyl (C=O) groups is 1. The second-order valence-corrected chi connectivity index (χ2v) is 5.63. The molecule has 0 atom stereocenters. The Hall–Kier alpha value is -3.06. The number of ether oxygens (including phenoxy) is 1. The Morgan fingerprint density at radius 1 is 1.20 bits per heavy atom. The number of amides is 1. The molecule has 0 heterocycles. The largest absolute Gasteiger partial charge is 0.489 e. The van der Waals surface area contributed by atoms with Crippen molar-refractivity contribution in [2.24, 2.45) is 0 Å². The van der Waals surface area contributed by atoms with Crippen molar-refractivity contribution in [3.63, 3.8) is 0 Å². The molecule has 128 valence electrons. The molecule has 25 heavy (non-hydrogen) atoms. The summed E-state index contributed by atoms with van der Waals surface area (Å²) in [6.07, 6.45) is 3.47. The molecule has 2 aromatic carbocycles. The van der Waals surface area contributed by atoms with E-state index in [1.807, 2.05) is 67.6 Å². The fourth-order valence-corrected chi connectivity index (χ4v) is 2.22. The molecule has 0 bridgehead atoms. The third-order valence-corrected chi connectivity index (χ3v) is 3.60. The van der Waals surface area contributed by atoms with Gasteiger partial charge in [-0.15, -0.1) is 0 Å². The van der Waals surface area contributed by atoms with Crippen molar-refractivity contribution in [3.05, 3.63) is 71.3 Å². The van der Waals surface area contributed by atoms with Crippen LogP contribution in [0, 0.1) is 11.3 Å². The Bertz CT molecular complexity index is 761. The van der Waals surface area contributed by atoms with Gasteiger partial charge in [-0.3, -0.25) is 4.79 Å². The van der Waals surface area contributed by atoms with Crippen LogP contribution in [0.1, 0.15) is 30.9 Å². The SMILES string of the molecule is CCCCNC(=O)/C(C#N)=C\c1cccc(OCc2ccccc2)c1. The zero-order valence-electron chi connectivity index (χ0n) is 14.4. The normalized spacial score (nSPS) is 10.8. The number of hydrogen-bond donors (Lipinski definition) is 1. The smallest absolute Gasteiger partial charge is 0.261 e. The topological polar surface area (TPSA) is 62.1 Å². The van der Waals surface area contributed by atoms with Gasteiger partial charge in [-0.05, 0) is 35.8 Å². The highest BCUT2D eigenvalue weighted by Gasteiger charge is 2.08. The quantitative estimate of drug-likeness (QED) is 0.449. The van der Waals surface area contributed by atoms with Crippen LogP contribution in [0.25, 0.3) is 6.08 Å². The minimum atomic E-state index is -0.341. The molecule has 0 radical (unpaired) electrons. The number of nitrogens with zero attached hydrogens (tertiary/aromatic N) is 1. The standard InChI is InChI=1S/C21H22N2O2/c1-2-3-12-23-21(24)19(15-22)13-18-10-7-11-20(14-18)25-16-17-8-5-4-6-9-17/h4-11,13-14H,2-3,12,16H2,1H3,(H,23,24)/b19-13-. The van der Waals surface area contributed by atoms with E-state index in [1.165, 1.54) is 0 Å². The second-order valence-electron chi connectivity index (χ2n) is 5.63. The number of rotatable bonds is 8. The first kappa shape index (κ1) is 18.3. The summed E-state index contributed by atoms with van der Waals surface area (Å²) in [5.41, 5.74) is 1.93. The van der Waals surface area contributed by atoms with Crippen LogP contribution in [0.5, 0.6) is 5.75 Å². The van der Waals surface area contributed by atoms with E-state index in [1.54, 1.807) is 6.08 Å². The van der Waals surface area contributed by atoms with Crippen molar-refractivity contribution in [1.82, 2.24) is 5.32 Å². The maximum atomic E-state index is 12.0. The van der Waals surface area contributed by atoms with Gasteiger partial charge in [0, 0.05) is 6.54 Å². The predicted molar refractivity (Wildman–Crippen MR) is 98.7 cm³/mol. The van der Waals surface area contributed by atoms with E-state index in [9.17, 15) is 10.1 Å². The Morgan fingerprint density at radius 2 is 2.00 bits per heavy atom. The van der Waals surface area contributed by atoms with Crippen molar-refractivity contribution in [2.45, 2.75) is 26.4 Å². The number of hydrogen-bond acceptors (Lipinski definition) is 3. The highest BCUT2D eigenvalue weighted by atomic mass is 16.5. The molecule has 0 saturated carbocycles. The zero-order valence-corrected chi connectivity index (χ0v) is 14.4. The van der Waals surface area contributed by atoms with Crippen LogP contribution >= 0.6 is 0 Å². The molecule has 0 saturated heterocycles. The van der Waals surface area contributed by atoms with Gasteiger partial charge in [0.1, 0.15) is 24.0 Å². The monoisotopic (exact) mass is 334 g/mol. The van der Waals surface area contributed by atoms with Gasteiger partial charge >= 0.3 is 0 Å². The number of nitriles is 1. The first-order chi connectivity index (χ1) is 12.2. The Morgan fingerprint density at radius 3 is 2.72 bits per heavy atom. The molecule has 0 aliphatic heterocycles. The number of benzene rings is 2. The van der Waals surface area contributed by atoms with E-state index in [2.05, 4.69) is 5.32 Å². The molecule has 4 heteroatoms. The molecule has 1 N–H and O–H groups in total. The van der Waals surface area contributed by atoms with E-state index < -0.39 is 0 Å². The summed E-state index contributed by atoms with van der Waals surface area (Å²) in [4.78, 5) is 12.0. The molecule has 0 fully saturated rings. The van der Waals surface area contributed by atoms with Crippen LogP contribution in [0.3, 0.4) is 0 Å². The van der Waals surface area contributed by atoms with Crippen LogP contribution in [-0.2, 0) is 11.4 Å². The lowest BCUT2D eigenvalue weighted by molar-refractivity contribution is -0.117. The predicted octanol–water partition coefficient (Wildman–Crippen LogP) is 4.09. The summed E-state index contributed by atoms with van der Waals surface area (Å²) < 4.78 is 5.78. The van der Waals surface area contributed by atoms with Crippen molar-refractivity contribution in [3.8, 4) is 11.8 Å². The third-order valence-electron chi connectivity index (χ3n) is 3.60. The molecular formula is C21H22N2O2. The van der Waals surface area contributed by atoms with Crippen LogP contribution < -0.4 is 10.1 Å². The molecule has 0 aliphatic rings. The molecule has 0 aliphatic carbocycles. The van der Waals surface area contributed by atoms with Gasteiger partial charge < -0.3 is 10.1 Å². The Labute approximate surface area is 148 Å². The van der Waals surface area contributed by atoms with Crippen molar-refractivity contribution >= 4 is 12.0 Å². The first-order valence-electron chi connectivity index (χ1n) is 8.39. The lowest BCUT2D eigenvalue weighted by atomic mass is 10.1. The van der Waals surface area contributed by atoms with Crippen LogP contribution in [0.4, 0.5) is 0 Å². The van der Waals surface area contributed by atoms with Crippen LogP contribution in [-0.4, -0.2) is 12.5 Å². The maximum Gasteiger partial charge on any atom is 0.261 e. The summed E-state index contributed by atoms with van der Waals surface area (Å²) in [5.74, 6) is 0.354. The molecule has 0 unspecified atom stereocenters. The number of nitrogens with one attached hydrogen (secondary N) is 1. The minimum absolute atomic E-state index is 0.0938. The van der Waals surface area contributed by atoms with E-state index in [-0.39, 0.29) is 11.5 Å². The first-order valence-corrected chi connectivity index (χ1v) is 8.39. The molecule has 2 aromatic rings. The molecule has 0 aromatic heterocycles. The fraction of sp³-hybridized carbons (Fsp3) is 0.238. The molecule has 0 spiro atoms. The molecule has 4 nitrogen and oxygen atoms in total. The fourth-order valence-electron chi connectivity index (χ4n) is 2.22. The molecule has 1 amide bonds. The van der Waals surface area contributed by atoms with Gasteiger partial charge in [-0.25, -0.2) is 0 Å². The average Bonchev–Trinajstić information content (AvgIpc) is 2.65. The van der Waals surface area contributed by atoms with E-state index >= 15 is 0 Å². The third kappa shape index (κ3) is 6.15. The van der Waals surface area contributed by atoms with E-state index in [0.717, 1.165) is 24.0 Å². The van der Waals surface area contributed by atoms with E-state index in [4.69, 9.17) is 4.74 Å². The Balaban J connectivity index is 2.03. The minimum Gasteiger partial charge on any atom is -0.489 e. The molecular weight excluding hydrogens is 312 g/mol. The maximum absolute atomic E-state index is 12.0. The van der Waals surface area contributed by atoms with Crippen molar-refractivity contribution in [2.75, 3.05) is 6.54 Å². The van der Waals surface area contributed by atoms with E-state index in [0.29, 0.717) is 18.9 Å². The highest BCUT2D eigenvalue weighted by Crippen LogP contribution is 2.17. The van der Waals surface area contributed by atoms with Gasteiger partial charge in [-0.2, -0.15) is 5.26 Å². The highest BCUT2D eigenvalue weighted by molar-refractivity contribution is 6.01. The van der Waals surface area contributed by atoms with Gasteiger partial charge in [0.2, 0.25) is 0 Å². The second kappa shape index (κ2) is 9.94. The average molecular weight is 334 g/mol. The van der Waals surface area contributed by atoms with Gasteiger partial charge in [0.05, 0.1) is 0 Å². The van der Waals surface area contributed by atoms with Crippen molar-refractivity contribution < 1.29 is 9.53 Å². The van der Waals surface area contributed by atoms with Gasteiger partial charge in [-0.1, -0.05) is 55.8 Å². The lowest BCUT2D eigenvalue weighted by Crippen LogP contribution is -2.25. The van der Waals surface area contributed by atoms with Gasteiger partial charge in [0.25, 0.3) is 5.91 Å². The Kier molecular flexibility index (Phi) is 7.27. The summed E-state index contributed by atoms with van der Waals surface area (Å²) in [6.45, 7) is 3.10. The number of unbranched alkanes of at least 4 members (excludes halogenated alkanes) is 1.